The molecule has 46 valence electrons. The topological polar surface area (TPSA) is 26.0 Å². The lowest BCUT2D eigenvalue weighted by Crippen LogP contribution is -2.06. The fourth-order valence-electron chi connectivity index (χ4n) is 1.16. The zero-order chi connectivity index (χ0) is 5.98. The van der Waals surface area contributed by atoms with Crippen molar-refractivity contribution in [2.45, 2.75) is 26.2 Å². The second-order valence-electron chi connectivity index (χ2n) is 2.61. The summed E-state index contributed by atoms with van der Waals surface area (Å²) in [6, 6.07) is 0. The van der Waals surface area contributed by atoms with Crippen LogP contribution in [0.25, 0.3) is 0 Å². The summed E-state index contributed by atoms with van der Waals surface area (Å²) < 4.78 is 0. The summed E-state index contributed by atoms with van der Waals surface area (Å²) in [5, 5.41) is 0. The lowest BCUT2D eigenvalue weighted by molar-refractivity contribution is 0.565. The average Bonchev–Trinajstić information content (AvgIpc) is 1.64. The molecule has 8 heavy (non-hydrogen) atoms. The van der Waals surface area contributed by atoms with Gasteiger partial charge in [-0.1, -0.05) is 13.0 Å². The van der Waals surface area contributed by atoms with Gasteiger partial charge in [0.15, 0.2) is 0 Å². The molecule has 1 heteroatoms. The molecule has 0 saturated heterocycles. The van der Waals surface area contributed by atoms with E-state index in [0.29, 0.717) is 0 Å². The number of hydrogen-bond acceptors (Lipinski definition) is 1. The molecule has 2 N–H and O–H groups in total. The minimum Gasteiger partial charge on any atom is -0.402 e. The van der Waals surface area contributed by atoms with Gasteiger partial charge < -0.3 is 5.73 Å². The number of allylic oxidation sites excluding steroid dienone is 2. The van der Waals surface area contributed by atoms with E-state index >= 15 is 0 Å². The van der Waals surface area contributed by atoms with E-state index in [1.165, 1.54) is 12.8 Å². The van der Waals surface area contributed by atoms with Crippen LogP contribution in [0.15, 0.2) is 11.8 Å². The summed E-state index contributed by atoms with van der Waals surface area (Å²) >= 11 is 0. The van der Waals surface area contributed by atoms with Gasteiger partial charge in [-0.05, 0) is 25.2 Å². The summed E-state index contributed by atoms with van der Waals surface area (Å²) in [5.74, 6) is 0.726. The largest absolute Gasteiger partial charge is 0.402 e. The van der Waals surface area contributed by atoms with Crippen LogP contribution in [0, 0.1) is 5.92 Å². The first-order chi connectivity index (χ1) is 3.79. The van der Waals surface area contributed by atoms with E-state index in [4.69, 9.17) is 5.73 Å². The van der Waals surface area contributed by atoms with E-state index in [9.17, 15) is 0 Å². The normalized spacial score (nSPS) is 29.6. The van der Waals surface area contributed by atoms with Crippen molar-refractivity contribution in [1.82, 2.24) is 0 Å². The third kappa shape index (κ3) is 1.25. The van der Waals surface area contributed by atoms with Gasteiger partial charge in [0.05, 0.1) is 0 Å². The average molecular weight is 111 g/mol. The molecule has 0 radical (unpaired) electrons. The molecule has 0 aromatic rings. The van der Waals surface area contributed by atoms with E-state index in [2.05, 4.69) is 13.0 Å². The van der Waals surface area contributed by atoms with Crippen LogP contribution in [0.3, 0.4) is 0 Å². The fraction of sp³-hybridized carbons (Fsp3) is 0.714. The van der Waals surface area contributed by atoms with Crippen LogP contribution >= 0.6 is 0 Å². The highest BCUT2D eigenvalue weighted by Gasteiger charge is 2.04. The molecular formula is C7H13N. The minimum absolute atomic E-state index is 0.726. The van der Waals surface area contributed by atoms with Crippen LogP contribution in [0.2, 0.25) is 0 Å². The Morgan fingerprint density at radius 2 is 2.50 bits per heavy atom. The molecule has 0 aliphatic heterocycles. The van der Waals surface area contributed by atoms with E-state index in [1.807, 2.05) is 0 Å². The van der Waals surface area contributed by atoms with Crippen LogP contribution < -0.4 is 5.73 Å². The quantitative estimate of drug-likeness (QED) is 0.505. The Labute approximate surface area is 50.6 Å². The number of rotatable bonds is 0. The Kier molecular flexibility index (Phi) is 1.56. The molecule has 0 unspecified atom stereocenters. The van der Waals surface area contributed by atoms with Crippen molar-refractivity contribution in [2.75, 3.05) is 0 Å². The number of hydrogen-bond donors (Lipinski definition) is 1. The standard InChI is InChI=1S/C7H13N/c1-6-3-2-4-7(8)5-6/h5-6H,2-4,8H2,1H3/t6-/m0/s1. The molecule has 1 atom stereocenters. The summed E-state index contributed by atoms with van der Waals surface area (Å²) in [4.78, 5) is 0. The second-order valence-corrected chi connectivity index (χ2v) is 2.61. The molecule has 1 nitrogen and oxygen atoms in total. The smallest absolute Gasteiger partial charge is 0.00426 e. The van der Waals surface area contributed by atoms with Gasteiger partial charge in [0.2, 0.25) is 0 Å². The van der Waals surface area contributed by atoms with Gasteiger partial charge in [-0.3, -0.25) is 0 Å². The van der Waals surface area contributed by atoms with Crippen molar-refractivity contribution >= 4 is 0 Å². The second kappa shape index (κ2) is 2.21. The van der Waals surface area contributed by atoms with Crippen LogP contribution in [-0.2, 0) is 0 Å². The van der Waals surface area contributed by atoms with Crippen molar-refractivity contribution in [3.63, 3.8) is 0 Å². The first-order valence-corrected chi connectivity index (χ1v) is 3.25. The number of nitrogens with two attached hydrogens (primary N) is 1. The monoisotopic (exact) mass is 111 g/mol. The van der Waals surface area contributed by atoms with Gasteiger partial charge in [0, 0.05) is 5.70 Å². The van der Waals surface area contributed by atoms with Gasteiger partial charge in [-0.15, -0.1) is 0 Å². The van der Waals surface area contributed by atoms with Gasteiger partial charge in [0.25, 0.3) is 0 Å². The first kappa shape index (κ1) is 5.67. The molecule has 1 aliphatic carbocycles. The predicted molar refractivity (Wildman–Crippen MR) is 35.3 cm³/mol. The molecule has 0 aromatic heterocycles. The summed E-state index contributed by atoms with van der Waals surface area (Å²) in [5.41, 5.74) is 6.67. The maximum absolute atomic E-state index is 5.59. The van der Waals surface area contributed by atoms with Crippen molar-refractivity contribution in [3.05, 3.63) is 11.8 Å². The lowest BCUT2D eigenvalue weighted by atomic mass is 9.96. The van der Waals surface area contributed by atoms with Gasteiger partial charge in [-0.2, -0.15) is 0 Å². The van der Waals surface area contributed by atoms with Gasteiger partial charge in [-0.25, -0.2) is 0 Å². The third-order valence-electron chi connectivity index (χ3n) is 1.62. The van der Waals surface area contributed by atoms with E-state index < -0.39 is 0 Å². The maximum Gasteiger partial charge on any atom is 0.00426 e. The molecule has 0 spiro atoms. The molecule has 0 heterocycles. The summed E-state index contributed by atoms with van der Waals surface area (Å²) in [6.07, 6.45) is 5.89. The molecule has 1 aliphatic rings. The molecule has 0 fully saturated rings. The maximum atomic E-state index is 5.59. The Morgan fingerprint density at radius 1 is 1.75 bits per heavy atom. The van der Waals surface area contributed by atoms with Crippen molar-refractivity contribution in [1.29, 1.82) is 0 Å². The van der Waals surface area contributed by atoms with E-state index in [0.717, 1.165) is 18.0 Å². The van der Waals surface area contributed by atoms with E-state index in [-0.39, 0.29) is 0 Å². The minimum atomic E-state index is 0.726. The summed E-state index contributed by atoms with van der Waals surface area (Å²) in [6.45, 7) is 2.21. The predicted octanol–water partition coefficient (Wildman–Crippen LogP) is 1.65. The SMILES string of the molecule is C[C@@H]1C=C(N)CCC1. The Morgan fingerprint density at radius 3 is 2.88 bits per heavy atom. The Hall–Kier alpha value is -0.460. The molecule has 1 rings (SSSR count). The lowest BCUT2D eigenvalue weighted by Gasteiger charge is -2.13. The highest BCUT2D eigenvalue weighted by atomic mass is 14.6. The van der Waals surface area contributed by atoms with E-state index in [1.54, 1.807) is 0 Å². The van der Waals surface area contributed by atoms with Crippen molar-refractivity contribution in [3.8, 4) is 0 Å². The molecule has 0 amide bonds. The zero-order valence-corrected chi connectivity index (χ0v) is 5.35. The van der Waals surface area contributed by atoms with Crippen molar-refractivity contribution in [2.24, 2.45) is 11.7 Å². The van der Waals surface area contributed by atoms with Crippen LogP contribution in [0.5, 0.6) is 0 Å². The zero-order valence-electron chi connectivity index (χ0n) is 5.35. The molecule has 0 bridgehead atoms. The van der Waals surface area contributed by atoms with Crippen LogP contribution in [-0.4, -0.2) is 0 Å². The highest BCUT2D eigenvalue weighted by Crippen LogP contribution is 2.18. The fourth-order valence-corrected chi connectivity index (χ4v) is 1.16. The van der Waals surface area contributed by atoms with Crippen LogP contribution in [0.4, 0.5) is 0 Å². The van der Waals surface area contributed by atoms with Crippen molar-refractivity contribution < 1.29 is 0 Å². The Bertz CT molecular complexity index is 105. The van der Waals surface area contributed by atoms with Gasteiger partial charge >= 0.3 is 0 Å². The molecular weight excluding hydrogens is 98.1 g/mol. The summed E-state index contributed by atoms with van der Waals surface area (Å²) in [7, 11) is 0. The molecule has 0 saturated carbocycles. The first-order valence-electron chi connectivity index (χ1n) is 3.25. The Balaban J connectivity index is 2.50. The molecule has 0 aromatic carbocycles. The highest BCUT2D eigenvalue weighted by molar-refractivity contribution is 5.02. The van der Waals surface area contributed by atoms with Crippen LogP contribution in [0.1, 0.15) is 26.2 Å². The third-order valence-corrected chi connectivity index (χ3v) is 1.62. The van der Waals surface area contributed by atoms with Gasteiger partial charge in [0.1, 0.15) is 0 Å².